The Hall–Kier alpha value is -1.33. The van der Waals surface area contributed by atoms with Gasteiger partial charge < -0.3 is 10.1 Å². The van der Waals surface area contributed by atoms with Gasteiger partial charge in [-0.25, -0.2) is 0 Å². The van der Waals surface area contributed by atoms with E-state index in [0.29, 0.717) is 13.2 Å². The summed E-state index contributed by atoms with van der Waals surface area (Å²) in [6, 6.07) is 9.64. The molecule has 0 atom stereocenters. The summed E-state index contributed by atoms with van der Waals surface area (Å²) >= 11 is 4.88. The third-order valence-electron chi connectivity index (χ3n) is 2.74. The fourth-order valence-corrected chi connectivity index (χ4v) is 3.20. The van der Waals surface area contributed by atoms with Crippen LogP contribution in [0.25, 0.3) is 0 Å². The Morgan fingerprint density at radius 1 is 1.40 bits per heavy atom. The van der Waals surface area contributed by atoms with Crippen LogP contribution in [0.1, 0.15) is 27.7 Å². The van der Waals surface area contributed by atoms with Crippen molar-refractivity contribution < 1.29 is 9.53 Å². The molecule has 5 heteroatoms. The minimum absolute atomic E-state index is 0.0504. The number of rotatable bonds is 5. The molecule has 0 aliphatic rings. The fourth-order valence-electron chi connectivity index (χ4n) is 1.75. The van der Waals surface area contributed by atoms with Crippen LogP contribution in [0, 0.1) is 6.92 Å². The SMILES string of the molecule is CCOc1cccc(CNC(=O)c2cc(C)c(Br)s2)c1. The van der Waals surface area contributed by atoms with Crippen molar-refractivity contribution in [1.82, 2.24) is 5.32 Å². The van der Waals surface area contributed by atoms with Crippen LogP contribution < -0.4 is 10.1 Å². The predicted octanol–water partition coefficient (Wildman–Crippen LogP) is 4.15. The van der Waals surface area contributed by atoms with E-state index in [1.807, 2.05) is 44.2 Å². The zero-order chi connectivity index (χ0) is 14.5. The van der Waals surface area contributed by atoms with Crippen LogP contribution >= 0.6 is 27.3 Å². The van der Waals surface area contributed by atoms with Gasteiger partial charge >= 0.3 is 0 Å². The van der Waals surface area contributed by atoms with Crippen molar-refractivity contribution >= 4 is 33.2 Å². The summed E-state index contributed by atoms with van der Waals surface area (Å²) in [5.74, 6) is 0.777. The van der Waals surface area contributed by atoms with E-state index in [2.05, 4.69) is 21.2 Å². The van der Waals surface area contributed by atoms with E-state index >= 15 is 0 Å². The van der Waals surface area contributed by atoms with Crippen molar-refractivity contribution in [2.24, 2.45) is 0 Å². The lowest BCUT2D eigenvalue weighted by atomic mass is 10.2. The molecule has 0 spiro atoms. The van der Waals surface area contributed by atoms with E-state index in [1.165, 1.54) is 11.3 Å². The zero-order valence-electron chi connectivity index (χ0n) is 11.4. The average Bonchev–Trinajstić information content (AvgIpc) is 2.77. The van der Waals surface area contributed by atoms with Crippen LogP contribution in [0.3, 0.4) is 0 Å². The minimum atomic E-state index is -0.0504. The highest BCUT2D eigenvalue weighted by atomic mass is 79.9. The standard InChI is InChI=1S/C15H16BrNO2S/c1-3-19-12-6-4-5-11(8-12)9-17-15(18)13-7-10(2)14(16)20-13/h4-8H,3,9H2,1-2H3,(H,17,18). The maximum Gasteiger partial charge on any atom is 0.261 e. The maximum absolute atomic E-state index is 12.0. The summed E-state index contributed by atoms with van der Waals surface area (Å²) in [5, 5.41) is 2.92. The van der Waals surface area contributed by atoms with Crippen molar-refractivity contribution in [3.8, 4) is 5.75 Å². The molecule has 2 rings (SSSR count). The van der Waals surface area contributed by atoms with Gasteiger partial charge in [-0.05, 0) is 59.1 Å². The molecule has 1 aromatic carbocycles. The number of benzene rings is 1. The molecule has 0 fully saturated rings. The molecule has 0 saturated heterocycles. The highest BCUT2D eigenvalue weighted by Gasteiger charge is 2.10. The summed E-state index contributed by atoms with van der Waals surface area (Å²) in [6.45, 7) is 5.06. The van der Waals surface area contributed by atoms with Crippen LogP contribution in [0.5, 0.6) is 5.75 Å². The van der Waals surface area contributed by atoms with Crippen molar-refractivity contribution in [2.75, 3.05) is 6.61 Å². The molecule has 0 unspecified atom stereocenters. The Bertz CT molecular complexity index is 590. The van der Waals surface area contributed by atoms with Crippen molar-refractivity contribution in [2.45, 2.75) is 20.4 Å². The molecule has 1 heterocycles. The van der Waals surface area contributed by atoms with Crippen molar-refractivity contribution in [3.63, 3.8) is 0 Å². The predicted molar refractivity (Wildman–Crippen MR) is 85.5 cm³/mol. The lowest BCUT2D eigenvalue weighted by Crippen LogP contribution is -2.21. The Kier molecular flexibility index (Phi) is 5.20. The molecule has 0 radical (unpaired) electrons. The molecule has 1 N–H and O–H groups in total. The van der Waals surface area contributed by atoms with Gasteiger partial charge in [0.15, 0.2) is 0 Å². The van der Waals surface area contributed by atoms with Crippen LogP contribution in [0.2, 0.25) is 0 Å². The van der Waals surface area contributed by atoms with Crippen molar-refractivity contribution in [3.05, 3.63) is 50.1 Å². The number of halogens is 1. The van der Waals surface area contributed by atoms with Crippen LogP contribution in [0.15, 0.2) is 34.1 Å². The van der Waals surface area contributed by atoms with Crippen molar-refractivity contribution in [1.29, 1.82) is 0 Å². The first kappa shape index (κ1) is 15.1. The van der Waals surface area contributed by atoms with Gasteiger partial charge in [-0.1, -0.05) is 12.1 Å². The minimum Gasteiger partial charge on any atom is -0.494 e. The van der Waals surface area contributed by atoms with E-state index < -0.39 is 0 Å². The second-order valence-corrected chi connectivity index (χ2v) is 6.70. The smallest absolute Gasteiger partial charge is 0.261 e. The molecule has 0 bridgehead atoms. The lowest BCUT2D eigenvalue weighted by Gasteiger charge is -2.07. The molecule has 20 heavy (non-hydrogen) atoms. The number of hydrogen-bond donors (Lipinski definition) is 1. The molecular formula is C15H16BrNO2S. The molecule has 1 amide bonds. The largest absolute Gasteiger partial charge is 0.494 e. The quantitative estimate of drug-likeness (QED) is 0.876. The van der Waals surface area contributed by atoms with E-state index in [1.54, 1.807) is 0 Å². The Morgan fingerprint density at radius 2 is 2.20 bits per heavy atom. The second-order valence-electron chi connectivity index (χ2n) is 4.33. The van der Waals surface area contributed by atoms with Crippen LogP contribution in [-0.4, -0.2) is 12.5 Å². The maximum atomic E-state index is 12.0. The Morgan fingerprint density at radius 3 is 2.85 bits per heavy atom. The van der Waals surface area contributed by atoms with Gasteiger partial charge in [-0.2, -0.15) is 0 Å². The monoisotopic (exact) mass is 353 g/mol. The number of ether oxygens (including phenoxy) is 1. The fraction of sp³-hybridized carbons (Fsp3) is 0.267. The highest BCUT2D eigenvalue weighted by molar-refractivity contribution is 9.11. The van der Waals surface area contributed by atoms with E-state index in [9.17, 15) is 4.79 Å². The summed E-state index contributed by atoms with van der Waals surface area (Å²) < 4.78 is 6.44. The normalized spacial score (nSPS) is 10.3. The molecule has 0 aliphatic carbocycles. The van der Waals surface area contributed by atoms with E-state index in [-0.39, 0.29) is 5.91 Å². The summed E-state index contributed by atoms with van der Waals surface area (Å²) in [5.41, 5.74) is 2.11. The van der Waals surface area contributed by atoms with Gasteiger partial charge in [-0.15, -0.1) is 11.3 Å². The highest BCUT2D eigenvalue weighted by Crippen LogP contribution is 2.27. The van der Waals surface area contributed by atoms with Gasteiger partial charge in [0, 0.05) is 6.54 Å². The number of carbonyl (C=O) groups excluding carboxylic acids is 1. The van der Waals surface area contributed by atoms with E-state index in [4.69, 9.17) is 4.74 Å². The number of thiophene rings is 1. The van der Waals surface area contributed by atoms with Crippen LogP contribution in [-0.2, 0) is 6.54 Å². The second kappa shape index (κ2) is 6.90. The Balaban J connectivity index is 1.97. The van der Waals surface area contributed by atoms with Gasteiger partial charge in [0.1, 0.15) is 5.75 Å². The summed E-state index contributed by atoms with van der Waals surface area (Å²) in [6.07, 6.45) is 0. The molecule has 0 saturated carbocycles. The molecule has 3 nitrogen and oxygen atoms in total. The Labute approximate surface area is 131 Å². The number of aryl methyl sites for hydroxylation is 1. The van der Waals surface area contributed by atoms with Gasteiger partial charge in [-0.3, -0.25) is 4.79 Å². The van der Waals surface area contributed by atoms with Crippen LogP contribution in [0.4, 0.5) is 0 Å². The average molecular weight is 354 g/mol. The molecule has 2 aromatic rings. The number of carbonyl (C=O) groups is 1. The topological polar surface area (TPSA) is 38.3 Å². The zero-order valence-corrected chi connectivity index (χ0v) is 13.8. The third kappa shape index (κ3) is 3.84. The number of amides is 1. The van der Waals surface area contributed by atoms with Gasteiger partial charge in [0.25, 0.3) is 5.91 Å². The first-order valence-corrected chi connectivity index (χ1v) is 7.97. The first-order chi connectivity index (χ1) is 9.60. The molecular weight excluding hydrogens is 338 g/mol. The number of nitrogens with one attached hydrogen (secondary N) is 1. The molecule has 0 aliphatic heterocycles. The molecule has 106 valence electrons. The van der Waals surface area contributed by atoms with Gasteiger partial charge in [0.05, 0.1) is 15.3 Å². The van der Waals surface area contributed by atoms with E-state index in [0.717, 1.165) is 25.5 Å². The number of hydrogen-bond acceptors (Lipinski definition) is 3. The summed E-state index contributed by atoms with van der Waals surface area (Å²) in [7, 11) is 0. The molecule has 1 aromatic heterocycles. The van der Waals surface area contributed by atoms with Gasteiger partial charge in [0.2, 0.25) is 0 Å². The third-order valence-corrected chi connectivity index (χ3v) is 4.88. The lowest BCUT2D eigenvalue weighted by molar-refractivity contribution is 0.0955. The summed E-state index contributed by atoms with van der Waals surface area (Å²) in [4.78, 5) is 12.8. The first-order valence-electron chi connectivity index (χ1n) is 6.36.